The summed E-state index contributed by atoms with van der Waals surface area (Å²) in [4.78, 5) is 1.53. The Morgan fingerprint density at radius 1 is 1.17 bits per heavy atom. The van der Waals surface area contributed by atoms with Gasteiger partial charge in [-0.25, -0.2) is 0 Å². The SMILES string of the molecule is FC(F)(F)CN1CCC2(CC2)C1. The van der Waals surface area contributed by atoms with Crippen LogP contribution in [-0.2, 0) is 0 Å². The fourth-order valence-corrected chi connectivity index (χ4v) is 2.00. The van der Waals surface area contributed by atoms with Crippen LogP contribution in [0.5, 0.6) is 0 Å². The van der Waals surface area contributed by atoms with Crippen LogP contribution in [0.3, 0.4) is 0 Å². The highest BCUT2D eigenvalue weighted by Crippen LogP contribution is 2.52. The molecule has 1 saturated heterocycles. The summed E-state index contributed by atoms with van der Waals surface area (Å²) in [7, 11) is 0. The predicted molar refractivity (Wildman–Crippen MR) is 38.8 cm³/mol. The molecule has 0 aromatic heterocycles. The molecule has 0 bridgehead atoms. The zero-order valence-corrected chi connectivity index (χ0v) is 6.82. The normalized spacial score (nSPS) is 28.2. The first-order chi connectivity index (χ1) is 5.49. The number of rotatable bonds is 1. The van der Waals surface area contributed by atoms with E-state index >= 15 is 0 Å². The van der Waals surface area contributed by atoms with Gasteiger partial charge in [-0.3, -0.25) is 4.90 Å². The first-order valence-corrected chi connectivity index (χ1v) is 4.28. The third-order valence-corrected chi connectivity index (χ3v) is 2.88. The minimum Gasteiger partial charge on any atom is -0.294 e. The Labute approximate surface area is 69.5 Å². The highest BCUT2D eigenvalue weighted by molar-refractivity contribution is 5.00. The topological polar surface area (TPSA) is 3.24 Å². The average Bonchev–Trinajstić information content (AvgIpc) is 2.49. The van der Waals surface area contributed by atoms with E-state index in [9.17, 15) is 13.2 Å². The van der Waals surface area contributed by atoms with Crippen LogP contribution in [0, 0.1) is 5.41 Å². The maximum Gasteiger partial charge on any atom is 0.401 e. The van der Waals surface area contributed by atoms with E-state index in [1.807, 2.05) is 0 Å². The van der Waals surface area contributed by atoms with Gasteiger partial charge in [0, 0.05) is 6.54 Å². The molecule has 1 aliphatic carbocycles. The van der Waals surface area contributed by atoms with E-state index in [4.69, 9.17) is 0 Å². The highest BCUT2D eigenvalue weighted by atomic mass is 19.4. The summed E-state index contributed by atoms with van der Waals surface area (Å²) in [6, 6.07) is 0. The second-order valence-electron chi connectivity index (χ2n) is 4.08. The molecular weight excluding hydrogens is 167 g/mol. The van der Waals surface area contributed by atoms with E-state index in [-0.39, 0.29) is 0 Å². The van der Waals surface area contributed by atoms with Crippen molar-refractivity contribution >= 4 is 0 Å². The van der Waals surface area contributed by atoms with Crippen LogP contribution in [0.4, 0.5) is 13.2 Å². The van der Waals surface area contributed by atoms with E-state index in [1.165, 1.54) is 4.90 Å². The van der Waals surface area contributed by atoms with Crippen LogP contribution in [0.2, 0.25) is 0 Å². The molecule has 2 aliphatic rings. The Bertz CT molecular complexity index is 183. The van der Waals surface area contributed by atoms with Crippen LogP contribution < -0.4 is 0 Å². The van der Waals surface area contributed by atoms with Gasteiger partial charge in [-0.1, -0.05) is 0 Å². The number of nitrogens with zero attached hydrogens (tertiary/aromatic N) is 1. The van der Waals surface area contributed by atoms with Gasteiger partial charge in [-0.05, 0) is 31.2 Å². The number of likely N-dealkylation sites (tertiary alicyclic amines) is 1. The minimum atomic E-state index is -4.01. The van der Waals surface area contributed by atoms with E-state index < -0.39 is 12.7 Å². The second-order valence-corrected chi connectivity index (χ2v) is 4.08. The van der Waals surface area contributed by atoms with Crippen molar-refractivity contribution in [1.82, 2.24) is 4.90 Å². The molecule has 4 heteroatoms. The molecule has 0 N–H and O–H groups in total. The molecule has 1 spiro atoms. The highest BCUT2D eigenvalue weighted by Gasteiger charge is 2.49. The molecule has 0 aromatic carbocycles. The molecule has 1 saturated carbocycles. The summed E-state index contributed by atoms with van der Waals surface area (Å²) in [5, 5.41) is 0. The summed E-state index contributed by atoms with van der Waals surface area (Å²) in [6.07, 6.45) is -0.758. The van der Waals surface area contributed by atoms with Crippen molar-refractivity contribution in [3.05, 3.63) is 0 Å². The van der Waals surface area contributed by atoms with Gasteiger partial charge in [0.25, 0.3) is 0 Å². The fraction of sp³-hybridized carbons (Fsp3) is 1.00. The zero-order chi connectivity index (χ0) is 8.82. The van der Waals surface area contributed by atoms with Crippen molar-refractivity contribution < 1.29 is 13.2 Å². The van der Waals surface area contributed by atoms with Gasteiger partial charge in [-0.2, -0.15) is 13.2 Å². The molecular formula is C8H12F3N. The fourth-order valence-electron chi connectivity index (χ4n) is 2.00. The van der Waals surface area contributed by atoms with E-state index in [2.05, 4.69) is 0 Å². The number of alkyl halides is 3. The molecule has 1 heterocycles. The molecule has 2 rings (SSSR count). The monoisotopic (exact) mass is 179 g/mol. The largest absolute Gasteiger partial charge is 0.401 e. The van der Waals surface area contributed by atoms with Gasteiger partial charge in [0.15, 0.2) is 0 Å². The standard InChI is InChI=1S/C8H12F3N/c9-8(10,11)6-12-4-3-7(5-12)1-2-7/h1-6H2. The lowest BCUT2D eigenvalue weighted by Gasteiger charge is -2.17. The summed E-state index contributed by atoms with van der Waals surface area (Å²) in [6.45, 7) is 0.598. The maximum atomic E-state index is 11.9. The lowest BCUT2D eigenvalue weighted by Crippen LogP contribution is -2.32. The Morgan fingerprint density at radius 2 is 1.83 bits per heavy atom. The average molecular weight is 179 g/mol. The van der Waals surface area contributed by atoms with Gasteiger partial charge in [0.05, 0.1) is 6.54 Å². The van der Waals surface area contributed by atoms with Gasteiger partial charge >= 0.3 is 6.18 Å². The molecule has 0 unspecified atom stereocenters. The van der Waals surface area contributed by atoms with Crippen molar-refractivity contribution in [2.75, 3.05) is 19.6 Å². The van der Waals surface area contributed by atoms with Crippen LogP contribution in [-0.4, -0.2) is 30.7 Å². The van der Waals surface area contributed by atoms with Gasteiger partial charge < -0.3 is 0 Å². The summed E-state index contributed by atoms with van der Waals surface area (Å²) < 4.78 is 35.8. The van der Waals surface area contributed by atoms with Crippen LogP contribution in [0.1, 0.15) is 19.3 Å². The maximum absolute atomic E-state index is 11.9. The molecule has 0 atom stereocenters. The lowest BCUT2D eigenvalue weighted by atomic mass is 10.1. The Morgan fingerprint density at radius 3 is 2.25 bits per heavy atom. The van der Waals surface area contributed by atoms with Crippen LogP contribution >= 0.6 is 0 Å². The van der Waals surface area contributed by atoms with E-state index in [0.717, 1.165) is 19.3 Å². The first kappa shape index (κ1) is 8.35. The molecule has 2 fully saturated rings. The molecule has 12 heavy (non-hydrogen) atoms. The Balaban J connectivity index is 1.84. The number of hydrogen-bond donors (Lipinski definition) is 0. The summed E-state index contributed by atoms with van der Waals surface area (Å²) in [5.41, 5.74) is 0.311. The summed E-state index contributed by atoms with van der Waals surface area (Å²) in [5.74, 6) is 0. The third-order valence-electron chi connectivity index (χ3n) is 2.88. The lowest BCUT2D eigenvalue weighted by molar-refractivity contribution is -0.143. The molecule has 70 valence electrons. The summed E-state index contributed by atoms with van der Waals surface area (Å²) >= 11 is 0. The van der Waals surface area contributed by atoms with Gasteiger partial charge in [0.2, 0.25) is 0 Å². The molecule has 0 aromatic rings. The third kappa shape index (κ3) is 1.73. The van der Waals surface area contributed by atoms with Crippen LogP contribution in [0.15, 0.2) is 0 Å². The molecule has 1 aliphatic heterocycles. The smallest absolute Gasteiger partial charge is 0.294 e. The van der Waals surface area contributed by atoms with E-state index in [1.54, 1.807) is 0 Å². The zero-order valence-electron chi connectivity index (χ0n) is 6.82. The van der Waals surface area contributed by atoms with Crippen LogP contribution in [0.25, 0.3) is 0 Å². The van der Waals surface area contributed by atoms with Crippen molar-refractivity contribution in [2.24, 2.45) is 5.41 Å². The number of halogens is 3. The van der Waals surface area contributed by atoms with Gasteiger partial charge in [-0.15, -0.1) is 0 Å². The van der Waals surface area contributed by atoms with Crippen molar-refractivity contribution in [2.45, 2.75) is 25.4 Å². The predicted octanol–water partition coefficient (Wildman–Crippen LogP) is 2.03. The molecule has 1 nitrogen and oxygen atoms in total. The van der Waals surface area contributed by atoms with Gasteiger partial charge in [0.1, 0.15) is 0 Å². The van der Waals surface area contributed by atoms with E-state index in [0.29, 0.717) is 18.5 Å². The minimum absolute atomic E-state index is 0.311. The second kappa shape index (κ2) is 2.37. The Kier molecular flexibility index (Phi) is 1.65. The first-order valence-electron chi connectivity index (χ1n) is 4.28. The number of hydrogen-bond acceptors (Lipinski definition) is 1. The molecule has 0 amide bonds. The Hall–Kier alpha value is -0.250. The van der Waals surface area contributed by atoms with Crippen molar-refractivity contribution in [1.29, 1.82) is 0 Å². The van der Waals surface area contributed by atoms with Crippen molar-refractivity contribution in [3.63, 3.8) is 0 Å². The van der Waals surface area contributed by atoms with Crippen molar-refractivity contribution in [3.8, 4) is 0 Å². The molecule has 0 radical (unpaired) electrons. The quantitative estimate of drug-likeness (QED) is 0.595.